The summed E-state index contributed by atoms with van der Waals surface area (Å²) in [6, 6.07) is 7.85. The molecule has 2 bridgehead atoms. The molecule has 10 heteroatoms. The first-order chi connectivity index (χ1) is 15.7. The Labute approximate surface area is 193 Å². The number of amides is 1. The van der Waals surface area contributed by atoms with Gasteiger partial charge < -0.3 is 14.6 Å². The number of halogens is 3. The molecule has 1 unspecified atom stereocenters. The van der Waals surface area contributed by atoms with E-state index in [-0.39, 0.29) is 35.7 Å². The summed E-state index contributed by atoms with van der Waals surface area (Å²) in [5, 5.41) is 9.96. The normalized spacial score (nSPS) is 26.1. The molecule has 3 heterocycles. The SMILES string of the molecule is C[C@@H](O)C(=O)N1C2CC(C2)[C@H](N[S+](C)[O-])[C@@H]1Cc1cccc(-c2cccc(C(F)F)n2)c1F. The molecule has 2 saturated heterocycles. The van der Waals surface area contributed by atoms with Crippen molar-refractivity contribution in [2.75, 3.05) is 6.26 Å². The number of nitrogens with zero attached hydrogens (tertiary/aromatic N) is 2. The first-order valence-electron chi connectivity index (χ1n) is 10.8. The van der Waals surface area contributed by atoms with E-state index in [4.69, 9.17) is 0 Å². The van der Waals surface area contributed by atoms with Crippen LogP contribution in [-0.4, -0.2) is 55.9 Å². The molecular formula is C23H26F3N3O3S. The summed E-state index contributed by atoms with van der Waals surface area (Å²) >= 11 is -1.35. The van der Waals surface area contributed by atoms with E-state index in [0.717, 1.165) is 12.8 Å². The lowest BCUT2D eigenvalue weighted by molar-refractivity contribution is -0.157. The van der Waals surface area contributed by atoms with Gasteiger partial charge in [0.05, 0.1) is 17.8 Å². The van der Waals surface area contributed by atoms with Crippen molar-refractivity contribution in [1.82, 2.24) is 14.6 Å². The van der Waals surface area contributed by atoms with Crippen LogP contribution in [0.5, 0.6) is 0 Å². The van der Waals surface area contributed by atoms with Crippen LogP contribution in [0.15, 0.2) is 36.4 Å². The second kappa shape index (κ2) is 9.61. The van der Waals surface area contributed by atoms with Gasteiger partial charge in [-0.2, -0.15) is 0 Å². The van der Waals surface area contributed by atoms with Crippen molar-refractivity contribution in [1.29, 1.82) is 0 Å². The number of carbonyl (C=O) groups excluding carboxylic acids is 1. The molecule has 2 N–H and O–H groups in total. The van der Waals surface area contributed by atoms with Crippen molar-refractivity contribution in [3.05, 3.63) is 53.5 Å². The molecule has 3 fully saturated rings. The monoisotopic (exact) mass is 481 g/mol. The second-order valence-corrected chi connectivity index (χ2v) is 9.85. The van der Waals surface area contributed by atoms with Gasteiger partial charge in [0.1, 0.15) is 23.9 Å². The van der Waals surface area contributed by atoms with Crippen molar-refractivity contribution in [3.8, 4) is 11.3 Å². The smallest absolute Gasteiger partial charge is 0.280 e. The number of aliphatic hydroxyl groups excluding tert-OH is 1. The van der Waals surface area contributed by atoms with E-state index in [1.54, 1.807) is 17.0 Å². The molecule has 178 valence electrons. The fraction of sp³-hybridized carbons (Fsp3) is 0.478. The van der Waals surface area contributed by atoms with E-state index in [1.807, 2.05) is 0 Å². The minimum Gasteiger partial charge on any atom is -0.598 e. The first-order valence-corrected chi connectivity index (χ1v) is 12.4. The highest BCUT2D eigenvalue weighted by Gasteiger charge is 2.54. The number of nitrogens with one attached hydrogen (secondary N) is 1. The number of piperidine rings is 2. The average Bonchev–Trinajstić information content (AvgIpc) is 2.74. The molecule has 3 aliphatic rings. The average molecular weight is 482 g/mol. The summed E-state index contributed by atoms with van der Waals surface area (Å²) < 4.78 is 56.7. The quantitative estimate of drug-likeness (QED) is 0.594. The Bertz CT molecular complexity index is 1020. The minimum absolute atomic E-state index is 0.0546. The van der Waals surface area contributed by atoms with Gasteiger partial charge in [0, 0.05) is 23.0 Å². The molecular weight excluding hydrogens is 455 g/mol. The Hall–Kier alpha value is -2.14. The number of alkyl halides is 2. The van der Waals surface area contributed by atoms with E-state index in [9.17, 15) is 23.2 Å². The number of aliphatic hydroxyl groups is 1. The highest BCUT2D eigenvalue weighted by molar-refractivity contribution is 7.88. The highest BCUT2D eigenvalue weighted by atomic mass is 32.2. The Morgan fingerprint density at radius 1 is 1.30 bits per heavy atom. The lowest BCUT2D eigenvalue weighted by Gasteiger charge is -2.57. The standard InChI is InChI=1S/C23H26F3N3O3S/c1-12(30)23(31)29-15-9-14(10-15)21(28-33(2)32)19(29)11-13-5-3-6-16(20(13)24)17-7-4-8-18(27-17)22(25)26/h3-8,12,14-15,19,21-22,28,30H,9-11H2,1-2H3/t12-,14?,15?,19+,21+,33?/m1/s1. The van der Waals surface area contributed by atoms with Crippen LogP contribution in [0.1, 0.15) is 37.4 Å². The third kappa shape index (κ3) is 4.75. The van der Waals surface area contributed by atoms with Crippen LogP contribution < -0.4 is 4.72 Å². The number of pyridine rings is 1. The van der Waals surface area contributed by atoms with Crippen LogP contribution in [0.3, 0.4) is 0 Å². The summed E-state index contributed by atoms with van der Waals surface area (Å²) in [5.74, 6) is -0.853. The summed E-state index contributed by atoms with van der Waals surface area (Å²) in [5.41, 5.74) is 0.0426. The fourth-order valence-electron chi connectivity index (χ4n) is 4.94. The molecule has 2 aromatic rings. The van der Waals surface area contributed by atoms with E-state index >= 15 is 4.39 Å². The third-order valence-corrected chi connectivity index (χ3v) is 7.12. The maximum absolute atomic E-state index is 15.6. The zero-order valence-electron chi connectivity index (χ0n) is 18.2. The number of hydrogen-bond donors (Lipinski definition) is 2. The van der Waals surface area contributed by atoms with E-state index < -0.39 is 47.4 Å². The lowest BCUT2D eigenvalue weighted by atomic mass is 9.66. The number of rotatable bonds is 7. The van der Waals surface area contributed by atoms with Gasteiger partial charge in [-0.3, -0.25) is 4.79 Å². The third-order valence-electron chi connectivity index (χ3n) is 6.51. The van der Waals surface area contributed by atoms with Gasteiger partial charge in [-0.15, -0.1) is 4.72 Å². The zero-order chi connectivity index (χ0) is 23.9. The van der Waals surface area contributed by atoms with E-state index in [1.165, 1.54) is 37.4 Å². The van der Waals surface area contributed by atoms with Gasteiger partial charge in [0.2, 0.25) is 0 Å². The number of carbonyl (C=O) groups is 1. The summed E-state index contributed by atoms with van der Waals surface area (Å²) in [6.45, 7) is 1.40. The molecule has 1 aromatic heterocycles. The Balaban J connectivity index is 1.69. The predicted octanol–water partition coefficient (Wildman–Crippen LogP) is 2.99. The van der Waals surface area contributed by atoms with Crippen LogP contribution >= 0.6 is 0 Å². The van der Waals surface area contributed by atoms with Crippen molar-refractivity contribution in [2.24, 2.45) is 5.92 Å². The Morgan fingerprint density at radius 3 is 2.64 bits per heavy atom. The number of aromatic nitrogens is 1. The molecule has 1 aromatic carbocycles. The van der Waals surface area contributed by atoms with Crippen LogP contribution in [0, 0.1) is 11.7 Å². The number of hydrogen-bond acceptors (Lipinski definition) is 5. The summed E-state index contributed by atoms with van der Waals surface area (Å²) in [4.78, 5) is 18.3. The molecule has 6 nitrogen and oxygen atoms in total. The van der Waals surface area contributed by atoms with Crippen molar-refractivity contribution < 1.29 is 27.6 Å². The summed E-state index contributed by atoms with van der Waals surface area (Å²) in [7, 11) is 0. The van der Waals surface area contributed by atoms with Gasteiger partial charge in [0.15, 0.2) is 0 Å². The lowest BCUT2D eigenvalue weighted by Crippen LogP contribution is -2.71. The minimum atomic E-state index is -2.77. The van der Waals surface area contributed by atoms with Gasteiger partial charge in [-0.1, -0.05) is 18.2 Å². The molecule has 0 spiro atoms. The highest BCUT2D eigenvalue weighted by Crippen LogP contribution is 2.44. The predicted molar refractivity (Wildman–Crippen MR) is 118 cm³/mol. The van der Waals surface area contributed by atoms with Crippen molar-refractivity contribution in [3.63, 3.8) is 0 Å². The second-order valence-electron chi connectivity index (χ2n) is 8.70. The maximum atomic E-state index is 15.6. The Morgan fingerprint density at radius 2 is 2.00 bits per heavy atom. The molecule has 4 atom stereocenters. The zero-order valence-corrected chi connectivity index (χ0v) is 19.1. The first kappa shape index (κ1) is 24.0. The molecule has 5 rings (SSSR count). The van der Waals surface area contributed by atoms with Gasteiger partial charge in [0.25, 0.3) is 12.3 Å². The maximum Gasteiger partial charge on any atom is 0.280 e. The number of benzene rings is 1. The topological polar surface area (TPSA) is 88.5 Å². The van der Waals surface area contributed by atoms with E-state index in [0.29, 0.717) is 5.56 Å². The van der Waals surface area contributed by atoms with Gasteiger partial charge in [-0.05, 0) is 55.9 Å². The molecule has 1 saturated carbocycles. The molecule has 2 aliphatic heterocycles. The summed E-state index contributed by atoms with van der Waals surface area (Å²) in [6.07, 6.45) is -0.894. The van der Waals surface area contributed by atoms with Crippen LogP contribution in [0.25, 0.3) is 11.3 Å². The molecule has 0 radical (unpaired) electrons. The largest absolute Gasteiger partial charge is 0.598 e. The van der Waals surface area contributed by atoms with Crippen LogP contribution in [0.2, 0.25) is 0 Å². The van der Waals surface area contributed by atoms with Gasteiger partial charge in [-0.25, -0.2) is 18.2 Å². The van der Waals surface area contributed by atoms with Crippen molar-refractivity contribution >= 4 is 17.3 Å². The van der Waals surface area contributed by atoms with E-state index in [2.05, 4.69) is 9.71 Å². The van der Waals surface area contributed by atoms with Crippen LogP contribution in [-0.2, 0) is 22.6 Å². The molecule has 1 amide bonds. The molecule has 33 heavy (non-hydrogen) atoms. The number of fused-ring (bicyclic) bond motifs is 2. The molecule has 1 aliphatic carbocycles. The fourth-order valence-corrected chi connectivity index (χ4v) is 5.68. The van der Waals surface area contributed by atoms with Crippen molar-refractivity contribution in [2.45, 2.75) is 56.8 Å². The van der Waals surface area contributed by atoms with Crippen LogP contribution in [0.4, 0.5) is 13.2 Å². The van der Waals surface area contributed by atoms with Gasteiger partial charge >= 0.3 is 0 Å². The Kier molecular flexibility index (Phi) is 6.99.